The zero-order valence-electron chi connectivity index (χ0n) is 19.6. The molecule has 0 saturated carbocycles. The van der Waals surface area contributed by atoms with Crippen LogP contribution in [0.15, 0.2) is 97.1 Å². The van der Waals surface area contributed by atoms with Crippen LogP contribution in [0.25, 0.3) is 11.1 Å². The Hall–Kier alpha value is -2.86. The zero-order chi connectivity index (χ0) is 22.2. The topological polar surface area (TPSA) is 0 Å². The Bertz CT molecular complexity index is 1020. The first-order chi connectivity index (χ1) is 15.8. The monoisotopic (exact) mass is 420 g/mol. The summed E-state index contributed by atoms with van der Waals surface area (Å²) in [6.45, 7) is 4.32. The molecule has 32 heavy (non-hydrogen) atoms. The van der Waals surface area contributed by atoms with Gasteiger partial charge in [-0.25, -0.2) is 0 Å². The molecule has 0 nitrogen and oxygen atoms in total. The smallest absolute Gasteiger partial charge is 0.00185 e. The van der Waals surface area contributed by atoms with Gasteiger partial charge in [0.2, 0.25) is 0 Å². The second kappa shape index (κ2) is 11.1. The van der Waals surface area contributed by atoms with Crippen LogP contribution >= 0.6 is 0 Å². The molecular formula is C32H36. The second-order valence-electron chi connectivity index (χ2n) is 9.09. The van der Waals surface area contributed by atoms with Crippen LogP contribution in [0.5, 0.6) is 0 Å². The highest BCUT2D eigenvalue weighted by Crippen LogP contribution is 2.36. The molecule has 0 saturated heterocycles. The number of rotatable bonds is 8. The number of allylic oxidation sites excluding steroid dienone is 4. The minimum Gasteiger partial charge on any atom is -0.0917 e. The first kappa shape index (κ1) is 22.3. The van der Waals surface area contributed by atoms with Crippen LogP contribution in [0.4, 0.5) is 0 Å². The quantitative estimate of drug-likeness (QED) is 0.319. The molecule has 1 aliphatic rings. The van der Waals surface area contributed by atoms with Crippen molar-refractivity contribution in [2.24, 2.45) is 0 Å². The van der Waals surface area contributed by atoms with Gasteiger partial charge in [0.15, 0.2) is 0 Å². The van der Waals surface area contributed by atoms with Crippen molar-refractivity contribution in [3.8, 4) is 11.1 Å². The summed E-state index contributed by atoms with van der Waals surface area (Å²) >= 11 is 0. The van der Waals surface area contributed by atoms with Crippen molar-refractivity contribution in [1.82, 2.24) is 0 Å². The lowest BCUT2D eigenvalue weighted by molar-refractivity contribution is 0.600. The van der Waals surface area contributed by atoms with E-state index in [0.717, 1.165) is 19.3 Å². The summed E-state index contributed by atoms with van der Waals surface area (Å²) in [7, 11) is 0. The van der Waals surface area contributed by atoms with E-state index in [2.05, 4.69) is 111 Å². The molecule has 0 fully saturated rings. The Kier molecular flexibility index (Phi) is 7.77. The SMILES string of the molecule is CC=CCCc1ccc(C2C=CC(c3ccc(-c4ccc(CCC)cc4)cc3)CC2)cc1. The van der Waals surface area contributed by atoms with Crippen LogP contribution in [-0.4, -0.2) is 0 Å². The molecule has 0 radical (unpaired) electrons. The molecule has 0 aromatic heterocycles. The third-order valence-corrected chi connectivity index (χ3v) is 6.77. The normalized spacial score (nSPS) is 18.3. The van der Waals surface area contributed by atoms with Gasteiger partial charge in [0.1, 0.15) is 0 Å². The lowest BCUT2D eigenvalue weighted by Crippen LogP contribution is -2.06. The average Bonchev–Trinajstić information content (AvgIpc) is 2.86. The molecule has 0 amide bonds. The van der Waals surface area contributed by atoms with Crippen molar-refractivity contribution in [1.29, 1.82) is 0 Å². The van der Waals surface area contributed by atoms with E-state index >= 15 is 0 Å². The van der Waals surface area contributed by atoms with Gasteiger partial charge in [0.25, 0.3) is 0 Å². The van der Waals surface area contributed by atoms with Crippen LogP contribution in [0.3, 0.4) is 0 Å². The standard InChI is InChI=1S/C32H36/c1-3-5-6-8-26-11-15-28(16-12-26)30-19-23-32(24-20-30)31-21-17-29(18-22-31)27-13-9-25(7-4-2)10-14-27/h3,5,9-19,21-23,30,32H,4,6-8,20,24H2,1-2H3. The van der Waals surface area contributed by atoms with Crippen LogP contribution < -0.4 is 0 Å². The lowest BCUT2D eigenvalue weighted by Gasteiger charge is -2.24. The van der Waals surface area contributed by atoms with Crippen molar-refractivity contribution in [3.63, 3.8) is 0 Å². The largest absolute Gasteiger partial charge is 0.0917 e. The molecule has 0 spiro atoms. The maximum atomic E-state index is 2.43. The first-order valence-corrected chi connectivity index (χ1v) is 12.3. The van der Waals surface area contributed by atoms with E-state index in [0.29, 0.717) is 11.8 Å². The third-order valence-electron chi connectivity index (χ3n) is 6.77. The van der Waals surface area contributed by atoms with Gasteiger partial charge in [0.05, 0.1) is 0 Å². The van der Waals surface area contributed by atoms with Gasteiger partial charge >= 0.3 is 0 Å². The van der Waals surface area contributed by atoms with E-state index in [1.54, 1.807) is 0 Å². The van der Waals surface area contributed by atoms with Gasteiger partial charge in [-0.3, -0.25) is 0 Å². The van der Waals surface area contributed by atoms with Gasteiger partial charge in [-0.2, -0.15) is 0 Å². The van der Waals surface area contributed by atoms with Gasteiger partial charge in [0, 0.05) is 11.8 Å². The van der Waals surface area contributed by atoms with Crippen molar-refractivity contribution in [2.75, 3.05) is 0 Å². The van der Waals surface area contributed by atoms with Crippen LogP contribution in [0.2, 0.25) is 0 Å². The lowest BCUT2D eigenvalue weighted by atomic mass is 9.81. The molecule has 1 aliphatic carbocycles. The Labute approximate surface area is 194 Å². The third kappa shape index (κ3) is 5.68. The molecule has 0 aliphatic heterocycles. The minimum absolute atomic E-state index is 0.535. The van der Waals surface area contributed by atoms with Crippen LogP contribution in [0.1, 0.15) is 73.6 Å². The summed E-state index contributed by atoms with van der Waals surface area (Å²) < 4.78 is 0. The molecule has 0 heteroatoms. The number of hydrogen-bond donors (Lipinski definition) is 0. The number of hydrogen-bond acceptors (Lipinski definition) is 0. The van der Waals surface area contributed by atoms with Crippen molar-refractivity contribution in [2.45, 2.75) is 64.2 Å². The van der Waals surface area contributed by atoms with Crippen LogP contribution in [0, 0.1) is 0 Å². The fourth-order valence-electron chi connectivity index (χ4n) is 4.80. The molecule has 3 aromatic carbocycles. The average molecular weight is 421 g/mol. The molecule has 0 N–H and O–H groups in total. The Balaban J connectivity index is 1.37. The summed E-state index contributed by atoms with van der Waals surface area (Å²) in [6, 6.07) is 27.6. The number of benzene rings is 3. The molecule has 2 atom stereocenters. The zero-order valence-corrected chi connectivity index (χ0v) is 19.6. The second-order valence-corrected chi connectivity index (χ2v) is 9.09. The Morgan fingerprint density at radius 1 is 0.656 bits per heavy atom. The number of aryl methyl sites for hydroxylation is 2. The predicted molar refractivity (Wildman–Crippen MR) is 139 cm³/mol. The molecule has 3 aromatic rings. The van der Waals surface area contributed by atoms with E-state index < -0.39 is 0 Å². The van der Waals surface area contributed by atoms with Crippen molar-refractivity contribution in [3.05, 3.63) is 119 Å². The van der Waals surface area contributed by atoms with Gasteiger partial charge in [-0.1, -0.05) is 110 Å². The fourth-order valence-corrected chi connectivity index (χ4v) is 4.80. The minimum atomic E-state index is 0.535. The predicted octanol–water partition coefficient (Wildman–Crippen LogP) is 9.03. The first-order valence-electron chi connectivity index (χ1n) is 12.3. The maximum Gasteiger partial charge on any atom is 0.00185 e. The van der Waals surface area contributed by atoms with Crippen LogP contribution in [-0.2, 0) is 12.8 Å². The highest BCUT2D eigenvalue weighted by atomic mass is 14.2. The highest BCUT2D eigenvalue weighted by Gasteiger charge is 2.18. The molecule has 0 bridgehead atoms. The van der Waals surface area contributed by atoms with Gasteiger partial charge in [-0.15, -0.1) is 0 Å². The summed E-state index contributed by atoms with van der Waals surface area (Å²) in [4.78, 5) is 0. The highest BCUT2D eigenvalue weighted by molar-refractivity contribution is 5.64. The van der Waals surface area contributed by atoms with E-state index in [1.807, 2.05) is 0 Å². The Morgan fingerprint density at radius 2 is 1.12 bits per heavy atom. The van der Waals surface area contributed by atoms with E-state index in [-0.39, 0.29) is 0 Å². The van der Waals surface area contributed by atoms with Crippen molar-refractivity contribution < 1.29 is 0 Å². The van der Waals surface area contributed by atoms with E-state index in [9.17, 15) is 0 Å². The molecular weight excluding hydrogens is 384 g/mol. The van der Waals surface area contributed by atoms with E-state index in [4.69, 9.17) is 0 Å². The summed E-state index contributed by atoms with van der Waals surface area (Å²) in [5, 5.41) is 0. The maximum absolute atomic E-state index is 2.43. The fraction of sp³-hybridized carbons (Fsp3) is 0.312. The summed E-state index contributed by atoms with van der Waals surface area (Å²) in [5.74, 6) is 1.09. The molecule has 4 rings (SSSR count). The summed E-state index contributed by atoms with van der Waals surface area (Å²) in [6.07, 6.45) is 16.3. The van der Waals surface area contributed by atoms with Gasteiger partial charge < -0.3 is 0 Å². The Morgan fingerprint density at radius 3 is 1.62 bits per heavy atom. The molecule has 2 unspecified atom stereocenters. The molecule has 0 heterocycles. The van der Waals surface area contributed by atoms with Gasteiger partial charge in [-0.05, 0) is 72.4 Å². The summed E-state index contributed by atoms with van der Waals surface area (Å²) in [5.41, 5.74) is 8.37. The van der Waals surface area contributed by atoms with E-state index in [1.165, 1.54) is 52.6 Å². The van der Waals surface area contributed by atoms with Crippen molar-refractivity contribution >= 4 is 0 Å². The molecule has 164 valence electrons.